The van der Waals surface area contributed by atoms with Crippen LogP contribution in [0, 0.1) is 11.3 Å². The molecule has 71 heavy (non-hydrogen) atoms. The number of hydrogen-bond donors (Lipinski definition) is 2. The van der Waals surface area contributed by atoms with Gasteiger partial charge < -0.3 is 19.7 Å². The van der Waals surface area contributed by atoms with Crippen molar-refractivity contribution in [1.29, 1.82) is 0 Å². The third-order valence-electron chi connectivity index (χ3n) is 16.0. The Kier molecular flexibility index (Phi) is 52.2. The van der Waals surface area contributed by atoms with Crippen LogP contribution in [0.15, 0.2) is 12.2 Å². The maximum atomic E-state index is 12.5. The minimum atomic E-state index is -1.13. The summed E-state index contributed by atoms with van der Waals surface area (Å²) < 4.78 is 10.6. The number of hydrogen-bond acceptors (Lipinski definition) is 6. The Morgan fingerprint density at radius 3 is 0.873 bits per heavy atom. The Morgan fingerprint density at radius 2 is 0.606 bits per heavy atom. The Morgan fingerprint density at radius 1 is 0.366 bits per heavy atom. The Hall–Kier alpha value is -1.40. The normalized spacial score (nSPS) is 15.3. The average Bonchev–Trinajstić information content (AvgIpc) is 3.44. The minimum absolute atomic E-state index is 0.00189. The van der Waals surface area contributed by atoms with Gasteiger partial charge in [-0.15, -0.1) is 0 Å². The molecule has 0 spiro atoms. The van der Waals surface area contributed by atoms with Crippen molar-refractivity contribution in [3.05, 3.63) is 12.2 Å². The van der Waals surface area contributed by atoms with Crippen LogP contribution in [0.1, 0.15) is 354 Å². The quantitative estimate of drug-likeness (QED) is 0.0358. The fraction of sp³-hybridized carbons (Fsp3) is 0.938. The van der Waals surface area contributed by atoms with Crippen LogP contribution in [0.25, 0.3) is 0 Å². The monoisotopic (exact) mass is 1000 g/mol. The van der Waals surface area contributed by atoms with E-state index in [1.54, 1.807) is 0 Å². The number of rotatable bonds is 56. The molecule has 0 aromatic heterocycles. The van der Waals surface area contributed by atoms with E-state index in [9.17, 15) is 19.8 Å². The molecule has 1 unspecified atom stereocenters. The largest absolute Gasteiger partial charge is 0.465 e. The van der Waals surface area contributed by atoms with Gasteiger partial charge in [-0.25, -0.2) is 0 Å². The lowest BCUT2D eigenvalue weighted by atomic mass is 9.92. The summed E-state index contributed by atoms with van der Waals surface area (Å²) >= 11 is 0. The maximum Gasteiger partial charge on any atom is 0.309 e. The number of cyclic esters (lactones) is 2. The molecule has 6 nitrogen and oxygen atoms in total. The summed E-state index contributed by atoms with van der Waals surface area (Å²) in [6.45, 7) is 1.21. The van der Waals surface area contributed by atoms with Crippen LogP contribution in [0.3, 0.4) is 0 Å². The van der Waals surface area contributed by atoms with E-state index in [1.165, 1.54) is 315 Å². The van der Waals surface area contributed by atoms with Crippen LogP contribution in [-0.4, -0.2) is 48.6 Å². The molecule has 6 heteroatoms. The molecule has 420 valence electrons. The summed E-state index contributed by atoms with van der Waals surface area (Å²) in [5.74, 6) is -1.41. The van der Waals surface area contributed by atoms with Crippen LogP contribution in [0.4, 0.5) is 0 Å². The molecular weight excluding hydrogens is 877 g/mol. The summed E-state index contributed by atoms with van der Waals surface area (Å²) in [6, 6.07) is 0. The molecule has 0 saturated carbocycles. The Labute approximate surface area is 443 Å². The molecule has 1 atom stereocenters. The van der Waals surface area contributed by atoms with E-state index in [4.69, 9.17) is 9.47 Å². The van der Waals surface area contributed by atoms with Crippen LogP contribution < -0.4 is 0 Å². The third-order valence-corrected chi connectivity index (χ3v) is 16.0. The first-order valence-electron chi connectivity index (χ1n) is 32.3. The predicted octanol–water partition coefficient (Wildman–Crippen LogP) is 20.3. The lowest BCUT2D eigenvalue weighted by Crippen LogP contribution is -2.40. The van der Waals surface area contributed by atoms with Crippen molar-refractivity contribution in [3.63, 3.8) is 0 Å². The van der Waals surface area contributed by atoms with Gasteiger partial charge in [0.2, 0.25) is 0 Å². The SMILES string of the molecule is CCCCCCCCCCCCCCCCCCCCCCCCCCCCCCCCCCCCCCCCC/C=C/CCCCCCCCCCCCCC1CC(=O)OCC(CO)(CO)COC1=O. The number of allylic oxidation sites excluding steroid dienone is 2. The highest BCUT2D eigenvalue weighted by Gasteiger charge is 2.36. The van der Waals surface area contributed by atoms with E-state index in [2.05, 4.69) is 19.1 Å². The molecule has 1 heterocycles. The first-order chi connectivity index (χ1) is 35.1. The summed E-state index contributed by atoms with van der Waals surface area (Å²) in [7, 11) is 0. The van der Waals surface area contributed by atoms with E-state index in [1.807, 2.05) is 0 Å². The van der Waals surface area contributed by atoms with Gasteiger partial charge in [0, 0.05) is 0 Å². The number of unbranched alkanes of at least 4 members (excludes halogenated alkanes) is 50. The molecule has 0 radical (unpaired) electrons. The molecule has 0 aromatic carbocycles. The van der Waals surface area contributed by atoms with Crippen molar-refractivity contribution in [2.24, 2.45) is 11.3 Å². The molecular formula is C65H124O6. The number of carbonyl (C=O) groups is 2. The zero-order valence-corrected chi connectivity index (χ0v) is 47.8. The molecule has 1 saturated heterocycles. The topological polar surface area (TPSA) is 93.1 Å². The fourth-order valence-electron chi connectivity index (χ4n) is 10.8. The number of esters is 2. The fourth-order valence-corrected chi connectivity index (χ4v) is 10.8. The maximum absolute atomic E-state index is 12.5. The van der Waals surface area contributed by atoms with E-state index < -0.39 is 36.5 Å². The van der Waals surface area contributed by atoms with Gasteiger partial charge in [-0.1, -0.05) is 327 Å². The number of ether oxygens (including phenoxy) is 2. The summed E-state index contributed by atoms with van der Waals surface area (Å²) in [6.07, 6.45) is 78.7. The smallest absolute Gasteiger partial charge is 0.309 e. The highest BCUT2D eigenvalue weighted by Crippen LogP contribution is 2.25. The summed E-state index contributed by atoms with van der Waals surface area (Å²) in [4.78, 5) is 24.7. The summed E-state index contributed by atoms with van der Waals surface area (Å²) in [5.41, 5.74) is -1.13. The highest BCUT2D eigenvalue weighted by atomic mass is 16.6. The van der Waals surface area contributed by atoms with Gasteiger partial charge in [0.15, 0.2) is 0 Å². The van der Waals surface area contributed by atoms with Crippen molar-refractivity contribution < 1.29 is 29.3 Å². The zero-order valence-electron chi connectivity index (χ0n) is 47.8. The van der Waals surface area contributed by atoms with Crippen LogP contribution in [-0.2, 0) is 19.1 Å². The number of aliphatic hydroxyl groups is 2. The van der Waals surface area contributed by atoms with E-state index in [-0.39, 0.29) is 19.6 Å². The van der Waals surface area contributed by atoms with Crippen LogP contribution in [0.5, 0.6) is 0 Å². The zero-order chi connectivity index (χ0) is 51.1. The van der Waals surface area contributed by atoms with Gasteiger partial charge in [-0.2, -0.15) is 0 Å². The van der Waals surface area contributed by atoms with Crippen molar-refractivity contribution in [3.8, 4) is 0 Å². The Balaban J connectivity index is 1.68. The van der Waals surface area contributed by atoms with Crippen molar-refractivity contribution in [2.75, 3.05) is 26.4 Å². The molecule has 1 aliphatic rings. The average molecular weight is 1000 g/mol. The van der Waals surface area contributed by atoms with Crippen LogP contribution >= 0.6 is 0 Å². The minimum Gasteiger partial charge on any atom is -0.465 e. The second kappa shape index (κ2) is 54.8. The number of aliphatic hydroxyl groups excluding tert-OH is 2. The van der Waals surface area contributed by atoms with Gasteiger partial charge >= 0.3 is 11.9 Å². The van der Waals surface area contributed by atoms with Crippen molar-refractivity contribution in [1.82, 2.24) is 0 Å². The Bertz CT molecular complexity index is 1120. The lowest BCUT2D eigenvalue weighted by Gasteiger charge is -2.27. The van der Waals surface area contributed by atoms with E-state index in [0.717, 1.165) is 19.3 Å². The van der Waals surface area contributed by atoms with Crippen molar-refractivity contribution >= 4 is 11.9 Å². The van der Waals surface area contributed by atoms with Gasteiger partial charge in [0.25, 0.3) is 0 Å². The lowest BCUT2D eigenvalue weighted by molar-refractivity contribution is -0.155. The van der Waals surface area contributed by atoms with Gasteiger partial charge in [-0.3, -0.25) is 9.59 Å². The second-order valence-corrected chi connectivity index (χ2v) is 23.1. The summed E-state index contributed by atoms with van der Waals surface area (Å²) in [5, 5.41) is 19.2. The molecule has 0 bridgehead atoms. The van der Waals surface area contributed by atoms with Crippen LogP contribution in [0.2, 0.25) is 0 Å². The first-order valence-corrected chi connectivity index (χ1v) is 32.3. The van der Waals surface area contributed by atoms with E-state index in [0.29, 0.717) is 6.42 Å². The van der Waals surface area contributed by atoms with E-state index >= 15 is 0 Å². The number of carbonyl (C=O) groups excluding carboxylic acids is 2. The second-order valence-electron chi connectivity index (χ2n) is 23.1. The van der Waals surface area contributed by atoms with Crippen molar-refractivity contribution in [2.45, 2.75) is 354 Å². The standard InChI is InChI=1S/C65H124O6/c1-2-3-4-5-6-7-8-9-10-11-12-13-14-15-16-17-18-19-20-21-22-23-24-25-26-27-28-29-30-31-32-33-34-35-36-37-38-39-40-41-42-43-44-45-46-47-48-49-50-51-52-53-54-55-56-62-57-63(68)70-60-65(58-66,59-67)61-71-64(62)69/h42-43,62,66-67H,2-41,44-61H2,1H3/b43-42+. The molecule has 1 fully saturated rings. The predicted molar refractivity (Wildman–Crippen MR) is 306 cm³/mol. The molecule has 1 aliphatic heterocycles. The first kappa shape index (κ1) is 67.6. The molecule has 0 aliphatic carbocycles. The third kappa shape index (κ3) is 46.8. The van der Waals surface area contributed by atoms with Gasteiger partial charge in [0.1, 0.15) is 13.2 Å². The van der Waals surface area contributed by atoms with Gasteiger partial charge in [0.05, 0.1) is 31.0 Å². The molecule has 0 amide bonds. The molecule has 1 rings (SSSR count). The van der Waals surface area contributed by atoms with Gasteiger partial charge in [-0.05, 0) is 32.1 Å². The molecule has 2 N–H and O–H groups in total. The molecule has 0 aromatic rings. The highest BCUT2D eigenvalue weighted by molar-refractivity contribution is 5.80.